The van der Waals surface area contributed by atoms with E-state index in [1.165, 1.54) is 54.4 Å². The van der Waals surface area contributed by atoms with Gasteiger partial charge < -0.3 is 14.5 Å². The van der Waals surface area contributed by atoms with Gasteiger partial charge in [0.05, 0.1) is 17.2 Å². The van der Waals surface area contributed by atoms with Crippen molar-refractivity contribution in [3.05, 3.63) is 101 Å². The minimum atomic E-state index is -4.50. The predicted octanol–water partition coefficient (Wildman–Crippen LogP) is 6.67. The highest BCUT2D eigenvalue weighted by atomic mass is 19.4. The van der Waals surface area contributed by atoms with Gasteiger partial charge >= 0.3 is 12.3 Å². The fourth-order valence-corrected chi connectivity index (χ4v) is 5.78. The lowest BCUT2D eigenvalue weighted by molar-refractivity contribution is -0.137. The number of benzene rings is 3. The number of ether oxygens (including phenoxy) is 1. The number of rotatable bonds is 7. The van der Waals surface area contributed by atoms with Crippen LogP contribution in [0.25, 0.3) is 0 Å². The normalized spacial score (nSPS) is 17.2. The quantitative estimate of drug-likeness (QED) is 0.314. The number of carbonyl (C=O) groups excluding carboxylic acids is 2. The van der Waals surface area contributed by atoms with Crippen molar-refractivity contribution in [2.45, 2.75) is 43.5 Å². The molecular formula is C31H30F5N3O3. The maximum Gasteiger partial charge on any atom is 0.416 e. The summed E-state index contributed by atoms with van der Waals surface area (Å²) in [5.74, 6) is -1.84. The standard InChI is InChI=1S/C31H30F5N3O3/c1-38(19-20-3-2-4-22(17-20)31(34,35)36)28(40)25(21-5-7-23(32)8-6-21)11-14-39-15-12-30(13-16-39)26-18-24(33)9-10-27(26)37-29(41)42-30/h2-10,17-18,25H,11-16,19H2,1H3,(H,37,41). The average molecular weight is 588 g/mol. The van der Waals surface area contributed by atoms with Crippen LogP contribution in [0.1, 0.15) is 47.4 Å². The van der Waals surface area contributed by atoms with E-state index >= 15 is 0 Å². The molecule has 0 aliphatic carbocycles. The zero-order valence-corrected chi connectivity index (χ0v) is 22.9. The van der Waals surface area contributed by atoms with Gasteiger partial charge in [-0.2, -0.15) is 13.2 Å². The highest BCUT2D eigenvalue weighted by molar-refractivity contribution is 5.89. The van der Waals surface area contributed by atoms with E-state index in [1.54, 1.807) is 12.1 Å². The minimum absolute atomic E-state index is 0.0257. The second-order valence-electron chi connectivity index (χ2n) is 10.8. The molecule has 11 heteroatoms. The van der Waals surface area contributed by atoms with E-state index in [9.17, 15) is 31.5 Å². The van der Waals surface area contributed by atoms with Crippen LogP contribution in [-0.2, 0) is 27.9 Å². The molecule has 0 radical (unpaired) electrons. The number of alkyl halides is 3. The first-order valence-corrected chi connectivity index (χ1v) is 13.6. The molecule has 1 saturated heterocycles. The van der Waals surface area contributed by atoms with Gasteiger partial charge in [0.15, 0.2) is 0 Å². The molecule has 1 N–H and O–H groups in total. The maximum atomic E-state index is 14.1. The van der Waals surface area contributed by atoms with Gasteiger partial charge in [0.25, 0.3) is 0 Å². The zero-order chi connectivity index (χ0) is 30.1. The van der Waals surface area contributed by atoms with Gasteiger partial charge in [-0.05, 0) is 66.6 Å². The first kappa shape index (κ1) is 29.5. The fourth-order valence-electron chi connectivity index (χ4n) is 5.78. The number of anilines is 1. The third-order valence-electron chi connectivity index (χ3n) is 8.02. The molecule has 42 heavy (non-hydrogen) atoms. The Labute approximate surface area is 240 Å². The van der Waals surface area contributed by atoms with E-state index < -0.39 is 41.0 Å². The maximum absolute atomic E-state index is 14.1. The van der Waals surface area contributed by atoms with E-state index in [1.807, 2.05) is 0 Å². The number of fused-ring (bicyclic) bond motifs is 2. The van der Waals surface area contributed by atoms with Crippen molar-refractivity contribution in [1.82, 2.24) is 9.80 Å². The summed E-state index contributed by atoms with van der Waals surface area (Å²) in [7, 11) is 1.53. The lowest BCUT2D eigenvalue weighted by Gasteiger charge is -2.44. The van der Waals surface area contributed by atoms with E-state index in [4.69, 9.17) is 4.74 Å². The van der Waals surface area contributed by atoms with Crippen LogP contribution in [0.5, 0.6) is 0 Å². The van der Waals surface area contributed by atoms with E-state index in [-0.39, 0.29) is 12.5 Å². The summed E-state index contributed by atoms with van der Waals surface area (Å²) in [6, 6.07) is 14.7. The van der Waals surface area contributed by atoms with Crippen molar-refractivity contribution >= 4 is 17.7 Å². The van der Waals surface area contributed by atoms with Gasteiger partial charge in [0.1, 0.15) is 17.2 Å². The van der Waals surface area contributed by atoms with Crippen molar-refractivity contribution in [2.75, 3.05) is 32.0 Å². The van der Waals surface area contributed by atoms with Gasteiger partial charge in [-0.15, -0.1) is 0 Å². The van der Waals surface area contributed by atoms with Gasteiger partial charge in [-0.3, -0.25) is 10.1 Å². The zero-order valence-electron chi connectivity index (χ0n) is 22.9. The molecule has 0 aromatic heterocycles. The van der Waals surface area contributed by atoms with Crippen LogP contribution >= 0.6 is 0 Å². The molecule has 1 spiro atoms. The molecule has 2 amide bonds. The Bertz CT molecular complexity index is 1450. The van der Waals surface area contributed by atoms with Gasteiger partial charge in [-0.25, -0.2) is 13.6 Å². The molecule has 2 heterocycles. The summed E-state index contributed by atoms with van der Waals surface area (Å²) in [5, 5.41) is 2.62. The van der Waals surface area contributed by atoms with Gasteiger partial charge in [0.2, 0.25) is 5.91 Å². The minimum Gasteiger partial charge on any atom is -0.438 e. The van der Waals surface area contributed by atoms with Crippen LogP contribution < -0.4 is 5.32 Å². The summed E-state index contributed by atoms with van der Waals surface area (Å²) in [5.41, 5.74) is 0.316. The van der Waals surface area contributed by atoms with Crippen LogP contribution in [0.4, 0.5) is 32.4 Å². The van der Waals surface area contributed by atoms with Crippen LogP contribution in [0.2, 0.25) is 0 Å². The van der Waals surface area contributed by atoms with Gasteiger partial charge in [-0.1, -0.05) is 24.3 Å². The highest BCUT2D eigenvalue weighted by Gasteiger charge is 2.44. The Morgan fingerprint density at radius 1 is 1.02 bits per heavy atom. The number of carbonyl (C=O) groups is 2. The molecule has 5 rings (SSSR count). The van der Waals surface area contributed by atoms with Crippen LogP contribution in [-0.4, -0.2) is 48.5 Å². The first-order chi connectivity index (χ1) is 19.9. The summed E-state index contributed by atoms with van der Waals surface area (Å²) < 4.78 is 73.0. The predicted molar refractivity (Wildman–Crippen MR) is 146 cm³/mol. The summed E-state index contributed by atoms with van der Waals surface area (Å²) in [4.78, 5) is 29.4. The molecule has 0 saturated carbocycles. The second-order valence-corrected chi connectivity index (χ2v) is 10.8. The van der Waals surface area contributed by atoms with E-state index in [0.717, 1.165) is 12.1 Å². The molecule has 2 aliphatic heterocycles. The molecule has 2 aliphatic rings. The molecule has 3 aromatic carbocycles. The van der Waals surface area contributed by atoms with Crippen molar-refractivity contribution in [1.29, 1.82) is 0 Å². The highest BCUT2D eigenvalue weighted by Crippen LogP contribution is 2.44. The Kier molecular flexibility index (Phi) is 8.23. The number of likely N-dealkylation sites (tertiary alicyclic amines) is 1. The van der Waals surface area contributed by atoms with Crippen LogP contribution in [0, 0.1) is 11.6 Å². The number of amides is 2. The Morgan fingerprint density at radius 3 is 2.40 bits per heavy atom. The third kappa shape index (κ3) is 6.41. The van der Waals surface area contributed by atoms with E-state index in [0.29, 0.717) is 61.3 Å². The summed E-state index contributed by atoms with van der Waals surface area (Å²) in [6.07, 6.45) is -3.85. The monoisotopic (exact) mass is 587 g/mol. The van der Waals surface area contributed by atoms with Crippen LogP contribution in [0.3, 0.4) is 0 Å². The van der Waals surface area contributed by atoms with Crippen molar-refractivity contribution in [2.24, 2.45) is 0 Å². The topological polar surface area (TPSA) is 61.9 Å². The SMILES string of the molecule is CN(Cc1cccc(C(F)(F)F)c1)C(=O)C(CCN1CCC2(CC1)OC(=O)Nc1ccc(F)cc12)c1ccc(F)cc1. The molecule has 1 atom stereocenters. The third-order valence-corrected chi connectivity index (χ3v) is 8.02. The number of piperidine rings is 1. The number of likely N-dealkylation sites (N-methyl/N-ethyl adjacent to an activating group) is 1. The number of nitrogens with zero attached hydrogens (tertiary/aromatic N) is 2. The molecule has 0 bridgehead atoms. The number of halogens is 5. The molecule has 1 unspecified atom stereocenters. The van der Waals surface area contributed by atoms with Gasteiger partial charge in [0, 0.05) is 45.1 Å². The number of nitrogens with one attached hydrogen (secondary N) is 1. The summed E-state index contributed by atoms with van der Waals surface area (Å²) in [6.45, 7) is 1.51. The Hall–Kier alpha value is -3.99. The number of hydrogen-bond acceptors (Lipinski definition) is 4. The Balaban J connectivity index is 1.28. The largest absolute Gasteiger partial charge is 0.438 e. The molecule has 222 valence electrons. The van der Waals surface area contributed by atoms with Crippen molar-refractivity contribution < 1.29 is 36.3 Å². The van der Waals surface area contributed by atoms with Crippen LogP contribution in [0.15, 0.2) is 66.7 Å². The molecular weight excluding hydrogens is 557 g/mol. The lowest BCUT2D eigenvalue weighted by atomic mass is 9.82. The fraction of sp³-hybridized carbons (Fsp3) is 0.355. The van der Waals surface area contributed by atoms with Crippen molar-refractivity contribution in [3.8, 4) is 0 Å². The summed E-state index contributed by atoms with van der Waals surface area (Å²) >= 11 is 0. The lowest BCUT2D eigenvalue weighted by Crippen LogP contribution is -2.48. The van der Waals surface area contributed by atoms with E-state index in [2.05, 4.69) is 10.2 Å². The average Bonchev–Trinajstić information content (AvgIpc) is 2.95. The molecule has 6 nitrogen and oxygen atoms in total. The second kappa shape index (κ2) is 11.7. The smallest absolute Gasteiger partial charge is 0.416 e. The molecule has 3 aromatic rings. The Morgan fingerprint density at radius 2 is 1.71 bits per heavy atom. The first-order valence-electron chi connectivity index (χ1n) is 13.6. The van der Waals surface area contributed by atoms with Crippen molar-refractivity contribution in [3.63, 3.8) is 0 Å². The molecule has 1 fully saturated rings. The number of hydrogen-bond donors (Lipinski definition) is 1.